The number of aryl methyl sites for hydroxylation is 6. The maximum atomic E-state index is 2.54. The van der Waals surface area contributed by atoms with E-state index in [0.29, 0.717) is 0 Å². The highest BCUT2D eigenvalue weighted by atomic mass is 14.2. The highest BCUT2D eigenvalue weighted by Gasteiger charge is 2.10. The summed E-state index contributed by atoms with van der Waals surface area (Å²) in [6, 6.07) is 14.8. The van der Waals surface area contributed by atoms with Crippen LogP contribution in [0.15, 0.2) is 36.4 Å². The summed E-state index contributed by atoms with van der Waals surface area (Å²) in [5.74, 6) is 0. The van der Waals surface area contributed by atoms with Gasteiger partial charge in [-0.05, 0) is 110 Å². The zero-order valence-electron chi connectivity index (χ0n) is 14.9. The summed E-state index contributed by atoms with van der Waals surface area (Å²) in [4.78, 5) is 0. The van der Waals surface area contributed by atoms with Gasteiger partial charge in [0.1, 0.15) is 0 Å². The summed E-state index contributed by atoms with van der Waals surface area (Å²) in [5, 5.41) is 0. The van der Waals surface area contributed by atoms with Crippen molar-refractivity contribution >= 4 is 0 Å². The Morgan fingerprint density at radius 1 is 0.375 bits per heavy atom. The lowest BCUT2D eigenvalue weighted by Crippen LogP contribution is -2.04. The molecule has 0 atom stereocenters. The van der Waals surface area contributed by atoms with E-state index in [1.165, 1.54) is 77.0 Å². The van der Waals surface area contributed by atoms with Crippen molar-refractivity contribution in [2.75, 3.05) is 0 Å². The number of fused-ring (bicyclic) bond motifs is 5. The van der Waals surface area contributed by atoms with E-state index >= 15 is 0 Å². The average molecular weight is 319 g/mol. The van der Waals surface area contributed by atoms with Gasteiger partial charge in [-0.1, -0.05) is 36.4 Å². The van der Waals surface area contributed by atoms with Crippen LogP contribution in [-0.2, 0) is 38.5 Å². The zero-order chi connectivity index (χ0) is 16.2. The van der Waals surface area contributed by atoms with E-state index in [1.807, 2.05) is 0 Å². The molecule has 0 unspecified atom stereocenters. The van der Waals surface area contributed by atoms with Crippen molar-refractivity contribution < 1.29 is 0 Å². The Balaban J connectivity index is 1.70. The lowest BCUT2D eigenvalue weighted by Gasteiger charge is -2.17. The maximum Gasteiger partial charge on any atom is -0.0276 e. The number of hydrogen-bond donors (Lipinski definition) is 0. The molecule has 2 aliphatic carbocycles. The van der Waals surface area contributed by atoms with Crippen LogP contribution in [0.3, 0.4) is 0 Å². The molecule has 0 fully saturated rings. The molecule has 0 aliphatic heterocycles. The Morgan fingerprint density at radius 3 is 1.21 bits per heavy atom. The Labute approximate surface area is 147 Å². The standard InChI is InChI=1S/C24H30/c1-2-8-20-14-16-22-10-4-3-9-21-15-13-19(7-1)17-23(21)11-5-6-12-24(22)18-20/h13-18H,1-12H2. The minimum Gasteiger partial charge on any atom is -0.0588 e. The Bertz CT molecular complexity index is 634. The van der Waals surface area contributed by atoms with E-state index in [0.717, 1.165) is 0 Å². The van der Waals surface area contributed by atoms with Gasteiger partial charge in [-0.3, -0.25) is 0 Å². The molecule has 126 valence electrons. The smallest absolute Gasteiger partial charge is 0.0276 e. The van der Waals surface area contributed by atoms with Crippen molar-refractivity contribution in [1.82, 2.24) is 0 Å². The molecule has 0 spiro atoms. The number of hydrogen-bond acceptors (Lipinski definition) is 0. The molecule has 0 heteroatoms. The van der Waals surface area contributed by atoms with Crippen molar-refractivity contribution in [3.63, 3.8) is 0 Å². The Kier molecular flexibility index (Phi) is 5.02. The SMILES string of the molecule is c1cc2c3cc1CCCCc1ccc(c(c1)CCCC3)CCCC2. The molecular formula is C24H30. The molecule has 0 saturated carbocycles. The second kappa shape index (κ2) is 7.55. The topological polar surface area (TPSA) is 0 Å². The van der Waals surface area contributed by atoms with Crippen LogP contribution in [-0.4, -0.2) is 0 Å². The minimum atomic E-state index is 1.25. The third kappa shape index (κ3) is 3.74. The molecule has 2 aromatic carbocycles. The molecule has 2 aliphatic rings. The monoisotopic (exact) mass is 318 g/mol. The van der Waals surface area contributed by atoms with Gasteiger partial charge < -0.3 is 0 Å². The summed E-state index contributed by atoms with van der Waals surface area (Å²) in [6.45, 7) is 0. The average Bonchev–Trinajstić information content (AvgIpc) is 2.59. The van der Waals surface area contributed by atoms with Gasteiger partial charge >= 0.3 is 0 Å². The van der Waals surface area contributed by atoms with E-state index < -0.39 is 0 Å². The van der Waals surface area contributed by atoms with Crippen LogP contribution in [0.25, 0.3) is 0 Å². The summed E-state index contributed by atoms with van der Waals surface area (Å²) >= 11 is 0. The molecule has 0 nitrogen and oxygen atoms in total. The highest BCUT2D eigenvalue weighted by Crippen LogP contribution is 2.24. The van der Waals surface area contributed by atoms with Gasteiger partial charge in [0, 0.05) is 0 Å². The fourth-order valence-corrected chi connectivity index (χ4v) is 4.54. The minimum absolute atomic E-state index is 1.25. The van der Waals surface area contributed by atoms with E-state index in [-0.39, 0.29) is 0 Å². The fourth-order valence-electron chi connectivity index (χ4n) is 4.54. The van der Waals surface area contributed by atoms with Crippen LogP contribution in [0.4, 0.5) is 0 Å². The maximum absolute atomic E-state index is 2.54. The van der Waals surface area contributed by atoms with Gasteiger partial charge in [0.2, 0.25) is 0 Å². The largest absolute Gasteiger partial charge is 0.0588 e. The molecule has 0 heterocycles. The number of rotatable bonds is 0. The third-order valence-corrected chi connectivity index (χ3v) is 6.01. The van der Waals surface area contributed by atoms with E-state index in [2.05, 4.69) is 36.4 Å². The van der Waals surface area contributed by atoms with Crippen LogP contribution in [0.5, 0.6) is 0 Å². The third-order valence-electron chi connectivity index (χ3n) is 6.01. The van der Waals surface area contributed by atoms with Crippen molar-refractivity contribution in [3.05, 3.63) is 69.8 Å². The predicted molar refractivity (Wildman–Crippen MR) is 103 cm³/mol. The molecule has 0 amide bonds. The van der Waals surface area contributed by atoms with Gasteiger partial charge in [-0.25, -0.2) is 0 Å². The van der Waals surface area contributed by atoms with Crippen LogP contribution in [0.1, 0.15) is 71.9 Å². The first-order valence-electron chi connectivity index (χ1n) is 10.1. The summed E-state index contributed by atoms with van der Waals surface area (Å²) in [6.07, 6.45) is 15.5. The van der Waals surface area contributed by atoms with Gasteiger partial charge in [-0.15, -0.1) is 0 Å². The van der Waals surface area contributed by atoms with Crippen LogP contribution >= 0.6 is 0 Å². The Morgan fingerprint density at radius 2 is 0.750 bits per heavy atom. The normalized spacial score (nSPS) is 18.5. The summed E-state index contributed by atoms with van der Waals surface area (Å²) in [5.41, 5.74) is 9.69. The van der Waals surface area contributed by atoms with Crippen LogP contribution in [0, 0.1) is 0 Å². The van der Waals surface area contributed by atoms with E-state index in [1.54, 1.807) is 33.4 Å². The molecule has 24 heavy (non-hydrogen) atoms. The number of benzene rings is 2. The van der Waals surface area contributed by atoms with Crippen LogP contribution < -0.4 is 0 Å². The molecule has 2 aromatic rings. The van der Waals surface area contributed by atoms with Gasteiger partial charge in [0.05, 0.1) is 0 Å². The molecular weight excluding hydrogens is 288 g/mol. The van der Waals surface area contributed by atoms with Crippen molar-refractivity contribution in [3.8, 4) is 0 Å². The van der Waals surface area contributed by atoms with Gasteiger partial charge in [0.15, 0.2) is 0 Å². The fraction of sp³-hybridized carbons (Fsp3) is 0.500. The second-order valence-electron chi connectivity index (χ2n) is 7.83. The summed E-state index contributed by atoms with van der Waals surface area (Å²) < 4.78 is 0. The van der Waals surface area contributed by atoms with Crippen LogP contribution in [0.2, 0.25) is 0 Å². The molecule has 0 radical (unpaired) electrons. The first-order valence-corrected chi connectivity index (χ1v) is 10.1. The van der Waals surface area contributed by atoms with E-state index in [9.17, 15) is 0 Å². The summed E-state index contributed by atoms with van der Waals surface area (Å²) in [7, 11) is 0. The lowest BCUT2D eigenvalue weighted by atomic mass is 9.89. The quantitative estimate of drug-likeness (QED) is 0.558. The van der Waals surface area contributed by atoms with Crippen molar-refractivity contribution in [1.29, 1.82) is 0 Å². The van der Waals surface area contributed by atoms with Gasteiger partial charge in [-0.2, -0.15) is 0 Å². The molecule has 0 saturated heterocycles. The van der Waals surface area contributed by atoms with Crippen molar-refractivity contribution in [2.24, 2.45) is 0 Å². The predicted octanol–water partition coefficient (Wildman–Crippen LogP) is 6.01. The second-order valence-corrected chi connectivity index (χ2v) is 7.83. The molecule has 4 rings (SSSR count). The Hall–Kier alpha value is -1.56. The van der Waals surface area contributed by atoms with Crippen molar-refractivity contribution in [2.45, 2.75) is 77.0 Å². The molecule has 0 aromatic heterocycles. The first kappa shape index (κ1) is 15.9. The molecule has 4 bridgehead atoms. The molecule has 0 N–H and O–H groups in total. The zero-order valence-corrected chi connectivity index (χ0v) is 14.9. The first-order chi connectivity index (χ1) is 11.9. The van der Waals surface area contributed by atoms with Gasteiger partial charge in [0.25, 0.3) is 0 Å². The lowest BCUT2D eigenvalue weighted by molar-refractivity contribution is 0.678. The highest BCUT2D eigenvalue weighted by molar-refractivity contribution is 5.35. The van der Waals surface area contributed by atoms with E-state index in [4.69, 9.17) is 0 Å².